The molecule has 0 fully saturated rings. The van der Waals surface area contributed by atoms with Crippen molar-refractivity contribution in [1.82, 2.24) is 0 Å². The molecule has 0 saturated carbocycles. The molecular formula is C9H13NO3. The number of hydrogen-bond acceptors (Lipinski definition) is 4. The largest absolute Gasteiger partial charge is 0.434 e. The third kappa shape index (κ3) is 5.88. The number of carbonyl (C=O) groups is 1. The second-order valence-electron chi connectivity index (χ2n) is 2.40. The lowest BCUT2D eigenvalue weighted by atomic mass is 10.3. The molecule has 0 radical (unpaired) electrons. The number of esters is 1. The maximum Gasteiger partial charge on any atom is 0.350 e. The van der Waals surface area contributed by atoms with Crippen LogP contribution in [0.4, 0.5) is 0 Å². The van der Waals surface area contributed by atoms with Gasteiger partial charge in [-0.3, -0.25) is 0 Å². The molecule has 0 aliphatic carbocycles. The molecule has 0 aromatic rings. The van der Waals surface area contributed by atoms with Crippen molar-refractivity contribution in [2.75, 3.05) is 13.4 Å². The smallest absolute Gasteiger partial charge is 0.350 e. The van der Waals surface area contributed by atoms with Gasteiger partial charge in [0.2, 0.25) is 0 Å². The SMILES string of the molecule is C=C(C#N)C(=O)OCOCCCC. The number of rotatable bonds is 6. The molecule has 0 aromatic carbocycles. The summed E-state index contributed by atoms with van der Waals surface area (Å²) in [6.45, 7) is 5.68. The molecule has 4 heteroatoms. The first-order valence-electron chi connectivity index (χ1n) is 4.06. The molecule has 4 nitrogen and oxygen atoms in total. The molecular weight excluding hydrogens is 170 g/mol. The summed E-state index contributed by atoms with van der Waals surface area (Å²) in [7, 11) is 0. The van der Waals surface area contributed by atoms with Crippen LogP contribution in [-0.4, -0.2) is 19.4 Å². The summed E-state index contributed by atoms with van der Waals surface area (Å²) in [4.78, 5) is 10.8. The van der Waals surface area contributed by atoms with E-state index < -0.39 is 5.97 Å². The summed E-state index contributed by atoms with van der Waals surface area (Å²) in [5.41, 5.74) is -0.209. The fourth-order valence-corrected chi connectivity index (χ4v) is 0.533. The van der Waals surface area contributed by atoms with Gasteiger partial charge in [0.1, 0.15) is 11.6 Å². The van der Waals surface area contributed by atoms with Crippen LogP contribution in [0.15, 0.2) is 12.2 Å². The summed E-state index contributed by atoms with van der Waals surface area (Å²) >= 11 is 0. The Balaban J connectivity index is 3.39. The van der Waals surface area contributed by atoms with Crippen LogP contribution >= 0.6 is 0 Å². The van der Waals surface area contributed by atoms with E-state index in [2.05, 4.69) is 11.3 Å². The Bertz CT molecular complexity index is 217. The molecule has 0 N–H and O–H groups in total. The lowest BCUT2D eigenvalue weighted by molar-refractivity contribution is -0.151. The highest BCUT2D eigenvalue weighted by Crippen LogP contribution is 1.93. The van der Waals surface area contributed by atoms with E-state index >= 15 is 0 Å². The maximum absolute atomic E-state index is 10.8. The monoisotopic (exact) mass is 183 g/mol. The Morgan fingerprint density at radius 1 is 1.62 bits per heavy atom. The predicted octanol–water partition coefficient (Wildman–Crippen LogP) is 1.38. The van der Waals surface area contributed by atoms with E-state index in [0.29, 0.717) is 6.61 Å². The summed E-state index contributed by atoms with van der Waals surface area (Å²) in [6.07, 6.45) is 1.95. The molecule has 0 aliphatic heterocycles. The minimum atomic E-state index is -0.723. The van der Waals surface area contributed by atoms with Crippen LogP contribution in [0.1, 0.15) is 19.8 Å². The fourth-order valence-electron chi connectivity index (χ4n) is 0.533. The molecule has 0 bridgehead atoms. The lowest BCUT2D eigenvalue weighted by Crippen LogP contribution is -2.09. The second kappa shape index (κ2) is 7.32. The predicted molar refractivity (Wildman–Crippen MR) is 46.6 cm³/mol. The van der Waals surface area contributed by atoms with Crippen molar-refractivity contribution in [2.24, 2.45) is 0 Å². The zero-order chi connectivity index (χ0) is 10.1. The molecule has 72 valence electrons. The number of nitrogens with zero attached hydrogens (tertiary/aromatic N) is 1. The van der Waals surface area contributed by atoms with E-state index in [0.717, 1.165) is 12.8 Å². The molecule has 0 aromatic heterocycles. The Hall–Kier alpha value is -1.34. The van der Waals surface area contributed by atoms with Crippen LogP contribution in [0.5, 0.6) is 0 Å². The Morgan fingerprint density at radius 3 is 2.85 bits per heavy atom. The first-order chi connectivity index (χ1) is 6.22. The molecule has 0 amide bonds. The van der Waals surface area contributed by atoms with E-state index in [-0.39, 0.29) is 12.4 Å². The molecule has 0 heterocycles. The first kappa shape index (κ1) is 11.7. The zero-order valence-corrected chi connectivity index (χ0v) is 7.71. The Kier molecular flexibility index (Phi) is 6.56. The number of nitriles is 1. The molecule has 13 heavy (non-hydrogen) atoms. The number of carbonyl (C=O) groups excluding carboxylic acids is 1. The van der Waals surface area contributed by atoms with Crippen molar-refractivity contribution >= 4 is 5.97 Å². The minimum Gasteiger partial charge on any atom is -0.434 e. The number of unbranched alkanes of at least 4 members (excludes halogenated alkanes) is 1. The van der Waals surface area contributed by atoms with E-state index in [1.54, 1.807) is 6.07 Å². The highest BCUT2D eigenvalue weighted by atomic mass is 16.7. The van der Waals surface area contributed by atoms with Gasteiger partial charge in [-0.2, -0.15) is 5.26 Å². The van der Waals surface area contributed by atoms with Gasteiger partial charge in [0.15, 0.2) is 6.79 Å². The minimum absolute atomic E-state index is 0.112. The van der Waals surface area contributed by atoms with Gasteiger partial charge in [-0.25, -0.2) is 4.79 Å². The van der Waals surface area contributed by atoms with Crippen molar-refractivity contribution in [3.05, 3.63) is 12.2 Å². The van der Waals surface area contributed by atoms with Crippen LogP contribution < -0.4 is 0 Å². The van der Waals surface area contributed by atoms with Crippen LogP contribution in [0.25, 0.3) is 0 Å². The maximum atomic E-state index is 10.8. The average Bonchev–Trinajstić information content (AvgIpc) is 2.16. The Morgan fingerprint density at radius 2 is 2.31 bits per heavy atom. The highest BCUT2D eigenvalue weighted by Gasteiger charge is 2.05. The number of hydrogen-bond donors (Lipinski definition) is 0. The van der Waals surface area contributed by atoms with Gasteiger partial charge in [0, 0.05) is 0 Å². The summed E-state index contributed by atoms with van der Waals surface area (Å²) in [6, 6.07) is 1.59. The molecule has 0 unspecified atom stereocenters. The van der Waals surface area contributed by atoms with Crippen LogP contribution in [0.2, 0.25) is 0 Å². The van der Waals surface area contributed by atoms with E-state index in [1.165, 1.54) is 0 Å². The normalized spacial score (nSPS) is 8.92. The van der Waals surface area contributed by atoms with Crippen molar-refractivity contribution in [2.45, 2.75) is 19.8 Å². The lowest BCUT2D eigenvalue weighted by Gasteiger charge is -2.03. The van der Waals surface area contributed by atoms with Crippen LogP contribution in [0.3, 0.4) is 0 Å². The summed E-state index contributed by atoms with van der Waals surface area (Å²) < 4.78 is 9.50. The molecule has 0 rings (SSSR count). The van der Waals surface area contributed by atoms with Gasteiger partial charge in [0.05, 0.1) is 6.61 Å². The van der Waals surface area contributed by atoms with Crippen LogP contribution in [-0.2, 0) is 14.3 Å². The van der Waals surface area contributed by atoms with Gasteiger partial charge in [-0.05, 0) is 6.42 Å². The third-order valence-electron chi connectivity index (χ3n) is 1.30. The molecule has 0 spiro atoms. The van der Waals surface area contributed by atoms with Gasteiger partial charge in [-0.1, -0.05) is 19.9 Å². The summed E-state index contributed by atoms with van der Waals surface area (Å²) in [5, 5.41) is 8.25. The van der Waals surface area contributed by atoms with Gasteiger partial charge in [-0.15, -0.1) is 0 Å². The van der Waals surface area contributed by atoms with Crippen LogP contribution in [0, 0.1) is 11.3 Å². The molecule has 0 aliphatic rings. The van der Waals surface area contributed by atoms with Crippen molar-refractivity contribution in [3.63, 3.8) is 0 Å². The van der Waals surface area contributed by atoms with Gasteiger partial charge < -0.3 is 9.47 Å². The molecule has 0 saturated heterocycles. The highest BCUT2D eigenvalue weighted by molar-refractivity contribution is 5.91. The molecule has 0 atom stereocenters. The first-order valence-corrected chi connectivity index (χ1v) is 4.06. The average molecular weight is 183 g/mol. The van der Waals surface area contributed by atoms with E-state index in [4.69, 9.17) is 10.00 Å². The fraction of sp³-hybridized carbons (Fsp3) is 0.556. The Labute approximate surface area is 77.8 Å². The third-order valence-corrected chi connectivity index (χ3v) is 1.30. The second-order valence-corrected chi connectivity index (χ2v) is 2.40. The van der Waals surface area contributed by atoms with E-state index in [9.17, 15) is 4.79 Å². The summed E-state index contributed by atoms with van der Waals surface area (Å²) in [5.74, 6) is -0.723. The van der Waals surface area contributed by atoms with E-state index in [1.807, 2.05) is 6.92 Å². The van der Waals surface area contributed by atoms with Gasteiger partial charge >= 0.3 is 5.97 Å². The van der Waals surface area contributed by atoms with Gasteiger partial charge in [0.25, 0.3) is 0 Å². The number of ether oxygens (including phenoxy) is 2. The quantitative estimate of drug-likeness (QED) is 0.205. The topological polar surface area (TPSA) is 59.3 Å². The van der Waals surface area contributed by atoms with Crippen molar-refractivity contribution < 1.29 is 14.3 Å². The standard InChI is InChI=1S/C9H13NO3/c1-3-4-5-12-7-13-9(11)8(2)6-10/h2-5,7H2,1H3. The zero-order valence-electron chi connectivity index (χ0n) is 7.71. The van der Waals surface area contributed by atoms with Crippen molar-refractivity contribution in [3.8, 4) is 6.07 Å². The van der Waals surface area contributed by atoms with Crippen molar-refractivity contribution in [1.29, 1.82) is 5.26 Å².